The average Bonchev–Trinajstić information content (AvgIpc) is 3.62. The summed E-state index contributed by atoms with van der Waals surface area (Å²) >= 11 is 1.85. The van der Waals surface area contributed by atoms with Gasteiger partial charge in [0.15, 0.2) is 17.5 Å². The Morgan fingerprint density at radius 3 is 1.68 bits per heavy atom. The van der Waals surface area contributed by atoms with Crippen molar-refractivity contribution in [3.8, 4) is 39.9 Å². The number of aromatic nitrogens is 4. The summed E-state index contributed by atoms with van der Waals surface area (Å²) in [5, 5.41) is 4.93. The third-order valence-electron chi connectivity index (χ3n) is 8.21. The first-order chi connectivity index (χ1) is 21.8. The van der Waals surface area contributed by atoms with E-state index in [0.29, 0.717) is 17.5 Å². The zero-order valence-corrected chi connectivity index (χ0v) is 24.4. The van der Waals surface area contributed by atoms with Gasteiger partial charge >= 0.3 is 0 Å². The van der Waals surface area contributed by atoms with E-state index in [9.17, 15) is 0 Å². The second-order valence-electron chi connectivity index (χ2n) is 10.9. The molecule has 0 aliphatic carbocycles. The Bertz CT molecular complexity index is 2420. The maximum Gasteiger partial charge on any atom is 0.166 e. The van der Waals surface area contributed by atoms with E-state index in [0.717, 1.165) is 27.9 Å². The summed E-state index contributed by atoms with van der Waals surface area (Å²) in [7, 11) is 0. The van der Waals surface area contributed by atoms with Gasteiger partial charge in [-0.2, -0.15) is 0 Å². The van der Waals surface area contributed by atoms with Crippen LogP contribution in [0.25, 0.3) is 81.8 Å². The first kappa shape index (κ1) is 24.9. The second-order valence-corrected chi connectivity index (χ2v) is 11.9. The Morgan fingerprint density at radius 1 is 0.455 bits per heavy atom. The molecular weight excluding hydrogens is 557 g/mol. The Hall–Kier alpha value is -5.65. The van der Waals surface area contributed by atoms with E-state index in [2.05, 4.69) is 89.5 Å². The zero-order chi connectivity index (χ0) is 29.0. The summed E-state index contributed by atoms with van der Waals surface area (Å²) in [5.41, 5.74) is 6.30. The van der Waals surface area contributed by atoms with Crippen LogP contribution in [-0.4, -0.2) is 19.5 Å². The molecule has 0 bridgehead atoms. The third kappa shape index (κ3) is 3.94. The highest BCUT2D eigenvalue weighted by Gasteiger charge is 2.23. The number of hydrogen-bond donors (Lipinski definition) is 0. The SMILES string of the molecule is c1ccc(-c2nc(-c3ccccc3)nc(-c3cccc4c5sc6cc7ccccc7cc6c5n(-c5ccccc5)c34)n2)cc1. The maximum absolute atomic E-state index is 5.11. The average molecular weight is 581 g/mol. The first-order valence-corrected chi connectivity index (χ1v) is 15.4. The Labute approximate surface area is 257 Å². The van der Waals surface area contributed by atoms with Crippen molar-refractivity contribution in [1.82, 2.24) is 19.5 Å². The molecule has 3 heterocycles. The monoisotopic (exact) mass is 580 g/mol. The van der Waals surface area contributed by atoms with E-state index in [1.54, 1.807) is 0 Å². The molecule has 0 N–H and O–H groups in total. The summed E-state index contributed by atoms with van der Waals surface area (Å²) in [6.07, 6.45) is 0. The quantitative estimate of drug-likeness (QED) is 0.208. The zero-order valence-electron chi connectivity index (χ0n) is 23.6. The van der Waals surface area contributed by atoms with Crippen molar-refractivity contribution < 1.29 is 0 Å². The van der Waals surface area contributed by atoms with Crippen LogP contribution in [0.1, 0.15) is 0 Å². The fourth-order valence-electron chi connectivity index (χ4n) is 6.20. The lowest BCUT2D eigenvalue weighted by Crippen LogP contribution is -2.02. The van der Waals surface area contributed by atoms with Gasteiger partial charge in [-0.3, -0.25) is 0 Å². The van der Waals surface area contributed by atoms with Gasteiger partial charge in [-0.25, -0.2) is 15.0 Å². The molecule has 9 aromatic rings. The van der Waals surface area contributed by atoms with Gasteiger partial charge in [-0.1, -0.05) is 115 Å². The highest BCUT2D eigenvalue weighted by molar-refractivity contribution is 7.26. The Kier molecular flexibility index (Phi) is 5.64. The van der Waals surface area contributed by atoms with Crippen LogP contribution in [0.2, 0.25) is 0 Å². The summed E-state index contributed by atoms with van der Waals surface area (Å²) in [6.45, 7) is 0. The molecule has 0 amide bonds. The summed E-state index contributed by atoms with van der Waals surface area (Å²) in [4.78, 5) is 15.2. The van der Waals surface area contributed by atoms with E-state index < -0.39 is 0 Å². The molecule has 0 spiro atoms. The number of rotatable bonds is 4. The van der Waals surface area contributed by atoms with Gasteiger partial charge in [0.1, 0.15) is 0 Å². The maximum atomic E-state index is 5.11. The predicted octanol–water partition coefficient (Wildman–Crippen LogP) is 10.3. The molecule has 0 aliphatic heterocycles. The Balaban J connectivity index is 1.40. The molecular formula is C39H24N4S. The van der Waals surface area contributed by atoms with Crippen LogP contribution in [0.15, 0.2) is 146 Å². The van der Waals surface area contributed by atoms with Crippen molar-refractivity contribution >= 4 is 53.3 Å². The smallest absolute Gasteiger partial charge is 0.166 e. The van der Waals surface area contributed by atoms with Gasteiger partial charge in [0.05, 0.1) is 15.7 Å². The third-order valence-corrected chi connectivity index (χ3v) is 9.39. The normalized spacial score (nSPS) is 11.6. The van der Waals surface area contributed by atoms with Crippen molar-refractivity contribution in [3.63, 3.8) is 0 Å². The Morgan fingerprint density at radius 2 is 1.02 bits per heavy atom. The summed E-state index contributed by atoms with van der Waals surface area (Å²) in [6, 6.07) is 50.7. The van der Waals surface area contributed by atoms with Gasteiger partial charge in [-0.15, -0.1) is 11.3 Å². The van der Waals surface area contributed by atoms with E-state index in [-0.39, 0.29) is 0 Å². The predicted molar refractivity (Wildman–Crippen MR) is 183 cm³/mol. The highest BCUT2D eigenvalue weighted by Crippen LogP contribution is 2.45. The number of hydrogen-bond acceptors (Lipinski definition) is 4. The molecule has 0 saturated carbocycles. The lowest BCUT2D eigenvalue weighted by atomic mass is 10.1. The number of nitrogens with zero attached hydrogens (tertiary/aromatic N) is 4. The van der Waals surface area contributed by atoms with Crippen molar-refractivity contribution in [3.05, 3.63) is 146 Å². The van der Waals surface area contributed by atoms with Gasteiger partial charge in [0.25, 0.3) is 0 Å². The molecule has 3 aromatic heterocycles. The van der Waals surface area contributed by atoms with Crippen LogP contribution in [-0.2, 0) is 0 Å². The van der Waals surface area contributed by atoms with Gasteiger partial charge < -0.3 is 4.57 Å². The minimum absolute atomic E-state index is 0.653. The van der Waals surface area contributed by atoms with Gasteiger partial charge in [-0.05, 0) is 41.1 Å². The van der Waals surface area contributed by atoms with Crippen LogP contribution in [0, 0.1) is 0 Å². The molecule has 0 saturated heterocycles. The molecule has 0 aliphatic rings. The molecule has 9 rings (SSSR count). The molecule has 0 atom stereocenters. The number of thiophene rings is 1. The first-order valence-electron chi connectivity index (χ1n) is 14.6. The van der Waals surface area contributed by atoms with Crippen molar-refractivity contribution in [2.24, 2.45) is 0 Å². The van der Waals surface area contributed by atoms with E-state index in [4.69, 9.17) is 15.0 Å². The molecule has 4 nitrogen and oxygen atoms in total. The van der Waals surface area contributed by atoms with Crippen LogP contribution in [0.4, 0.5) is 0 Å². The molecule has 5 heteroatoms. The van der Waals surface area contributed by atoms with Gasteiger partial charge in [0, 0.05) is 37.9 Å². The fraction of sp³-hybridized carbons (Fsp3) is 0. The topological polar surface area (TPSA) is 43.6 Å². The van der Waals surface area contributed by atoms with Crippen LogP contribution >= 0.6 is 11.3 Å². The van der Waals surface area contributed by atoms with Crippen LogP contribution in [0.3, 0.4) is 0 Å². The van der Waals surface area contributed by atoms with E-state index in [1.165, 1.54) is 36.5 Å². The van der Waals surface area contributed by atoms with E-state index >= 15 is 0 Å². The highest BCUT2D eigenvalue weighted by atomic mass is 32.1. The summed E-state index contributed by atoms with van der Waals surface area (Å²) < 4.78 is 4.95. The van der Waals surface area contributed by atoms with E-state index in [1.807, 2.05) is 72.0 Å². The standard InChI is InChI=1S/C39H24N4S/c1-4-13-25(14-5-1)37-40-38(26-15-6-2-7-16-26)42-39(41-37)31-22-12-21-30-34(31)43(29-19-8-3-9-20-29)35-32-23-27-17-10-11-18-28(27)24-33(32)44-36(30)35/h1-24H. The van der Waals surface area contributed by atoms with Crippen LogP contribution < -0.4 is 0 Å². The lowest BCUT2D eigenvalue weighted by molar-refractivity contribution is 1.07. The minimum atomic E-state index is 0.653. The number of para-hydroxylation sites is 2. The number of fused-ring (bicyclic) bond motifs is 6. The van der Waals surface area contributed by atoms with Crippen LogP contribution in [0.5, 0.6) is 0 Å². The largest absolute Gasteiger partial charge is 0.307 e. The second kappa shape index (κ2) is 9.97. The molecule has 206 valence electrons. The molecule has 0 unspecified atom stereocenters. The van der Waals surface area contributed by atoms with Crippen molar-refractivity contribution in [2.75, 3.05) is 0 Å². The minimum Gasteiger partial charge on any atom is -0.307 e. The fourth-order valence-corrected chi connectivity index (χ4v) is 7.44. The molecule has 0 fully saturated rings. The molecule has 44 heavy (non-hydrogen) atoms. The summed E-state index contributed by atoms with van der Waals surface area (Å²) in [5.74, 6) is 1.96. The van der Waals surface area contributed by atoms with Crippen molar-refractivity contribution in [1.29, 1.82) is 0 Å². The molecule has 6 aromatic carbocycles. The van der Waals surface area contributed by atoms with Crippen molar-refractivity contribution in [2.45, 2.75) is 0 Å². The lowest BCUT2D eigenvalue weighted by Gasteiger charge is -2.13. The number of benzene rings is 6. The molecule has 0 radical (unpaired) electrons. The van der Waals surface area contributed by atoms with Gasteiger partial charge in [0.2, 0.25) is 0 Å².